The number of rotatable bonds is 5. The molecule has 4 amide bonds. The van der Waals surface area contributed by atoms with Crippen molar-refractivity contribution in [3.63, 3.8) is 0 Å². The number of fused-ring (bicyclic) bond motifs is 1. The maximum atomic E-state index is 14.2. The van der Waals surface area contributed by atoms with Crippen LogP contribution in [-0.2, 0) is 16.2 Å². The fraction of sp³-hybridized carbons (Fsp3) is 0.0690. The van der Waals surface area contributed by atoms with E-state index in [1.807, 2.05) is 37.3 Å². The van der Waals surface area contributed by atoms with Crippen molar-refractivity contribution in [3.05, 3.63) is 113 Å². The normalized spacial score (nSPS) is 14.9. The SMILES string of the molecule is Cc1ccc(N2C(=O)NC(=O)/C(=C\c3c(OCc4ccccc4F)ccc4ccccc34)C2=O)cc1. The topological polar surface area (TPSA) is 75.7 Å². The maximum absolute atomic E-state index is 14.2. The highest BCUT2D eigenvalue weighted by Crippen LogP contribution is 2.32. The summed E-state index contributed by atoms with van der Waals surface area (Å²) in [7, 11) is 0. The standard InChI is InChI=1S/C29H21FN2O4/c1-18-10-13-21(14-11-18)32-28(34)24(27(33)31-29(32)35)16-23-22-8-4-2-6-19(22)12-15-26(23)36-17-20-7-3-5-9-25(20)30/h2-16H,17H2,1H3,(H,31,33,35)/b24-16+. The molecule has 4 aromatic rings. The molecule has 1 fully saturated rings. The maximum Gasteiger partial charge on any atom is 0.335 e. The lowest BCUT2D eigenvalue weighted by Gasteiger charge is -2.26. The number of barbiturate groups is 1. The van der Waals surface area contributed by atoms with Crippen LogP contribution in [0.15, 0.2) is 90.5 Å². The monoisotopic (exact) mass is 480 g/mol. The summed E-state index contributed by atoms with van der Waals surface area (Å²) < 4.78 is 20.1. The minimum atomic E-state index is -0.819. The molecule has 0 aliphatic carbocycles. The Morgan fingerprint density at radius 3 is 2.39 bits per heavy atom. The number of amides is 4. The summed E-state index contributed by atoms with van der Waals surface area (Å²) in [6, 6.07) is 23.3. The molecule has 1 saturated heterocycles. The minimum absolute atomic E-state index is 0.0463. The average molecular weight is 480 g/mol. The molecule has 0 atom stereocenters. The number of halogens is 1. The van der Waals surface area contributed by atoms with Gasteiger partial charge in [-0.15, -0.1) is 0 Å². The van der Waals surface area contributed by atoms with Crippen molar-refractivity contribution in [2.75, 3.05) is 4.90 Å². The number of carbonyl (C=O) groups excluding carboxylic acids is 3. The molecule has 0 saturated carbocycles. The van der Waals surface area contributed by atoms with E-state index in [2.05, 4.69) is 5.32 Å². The van der Waals surface area contributed by atoms with Crippen molar-refractivity contribution < 1.29 is 23.5 Å². The van der Waals surface area contributed by atoms with E-state index in [9.17, 15) is 18.8 Å². The van der Waals surface area contributed by atoms with E-state index in [1.165, 1.54) is 12.1 Å². The van der Waals surface area contributed by atoms with Crippen LogP contribution < -0.4 is 15.0 Å². The van der Waals surface area contributed by atoms with Gasteiger partial charge in [-0.3, -0.25) is 14.9 Å². The summed E-state index contributed by atoms with van der Waals surface area (Å²) in [4.78, 5) is 39.7. The molecule has 4 aromatic carbocycles. The van der Waals surface area contributed by atoms with E-state index < -0.39 is 23.7 Å². The lowest BCUT2D eigenvalue weighted by molar-refractivity contribution is -0.122. The molecule has 1 aliphatic heterocycles. The van der Waals surface area contributed by atoms with E-state index in [1.54, 1.807) is 48.5 Å². The Balaban J connectivity index is 1.59. The summed E-state index contributed by atoms with van der Waals surface area (Å²) in [5.74, 6) is -1.59. The van der Waals surface area contributed by atoms with Gasteiger partial charge in [-0.25, -0.2) is 14.1 Å². The fourth-order valence-electron chi connectivity index (χ4n) is 4.05. The smallest absolute Gasteiger partial charge is 0.335 e. The molecule has 0 spiro atoms. The van der Waals surface area contributed by atoms with Crippen LogP contribution in [0.4, 0.5) is 14.9 Å². The number of anilines is 1. The Labute approximate surface area is 206 Å². The van der Waals surface area contributed by atoms with Crippen LogP contribution in [0.2, 0.25) is 0 Å². The van der Waals surface area contributed by atoms with E-state index in [0.29, 0.717) is 22.6 Å². The van der Waals surface area contributed by atoms with Gasteiger partial charge in [0.15, 0.2) is 0 Å². The van der Waals surface area contributed by atoms with Gasteiger partial charge in [0.1, 0.15) is 23.7 Å². The number of imide groups is 2. The van der Waals surface area contributed by atoms with Crippen molar-refractivity contribution in [3.8, 4) is 5.75 Å². The third-order valence-electron chi connectivity index (χ3n) is 5.95. The van der Waals surface area contributed by atoms with Crippen LogP contribution in [0.5, 0.6) is 5.75 Å². The first-order valence-corrected chi connectivity index (χ1v) is 11.3. The zero-order valence-electron chi connectivity index (χ0n) is 19.3. The molecule has 1 heterocycles. The van der Waals surface area contributed by atoms with E-state index in [0.717, 1.165) is 21.2 Å². The number of hydrogen-bond donors (Lipinski definition) is 1. The highest BCUT2D eigenvalue weighted by Gasteiger charge is 2.37. The number of benzene rings is 4. The number of carbonyl (C=O) groups is 3. The molecule has 6 nitrogen and oxygen atoms in total. The van der Waals surface area contributed by atoms with Crippen LogP contribution in [0.1, 0.15) is 16.7 Å². The summed E-state index contributed by atoms with van der Waals surface area (Å²) in [6.45, 7) is 1.84. The molecular weight excluding hydrogens is 459 g/mol. The Morgan fingerprint density at radius 2 is 1.61 bits per heavy atom. The average Bonchev–Trinajstić information content (AvgIpc) is 2.87. The zero-order chi connectivity index (χ0) is 25.2. The second-order valence-electron chi connectivity index (χ2n) is 8.37. The number of nitrogens with one attached hydrogen (secondary N) is 1. The number of urea groups is 1. The van der Waals surface area contributed by atoms with Gasteiger partial charge in [0, 0.05) is 11.1 Å². The lowest BCUT2D eigenvalue weighted by Crippen LogP contribution is -2.54. The number of ether oxygens (including phenoxy) is 1. The lowest BCUT2D eigenvalue weighted by atomic mass is 9.99. The van der Waals surface area contributed by atoms with Gasteiger partial charge in [0.05, 0.1) is 5.69 Å². The van der Waals surface area contributed by atoms with Crippen molar-refractivity contribution in [1.82, 2.24) is 5.32 Å². The van der Waals surface area contributed by atoms with Gasteiger partial charge in [-0.2, -0.15) is 0 Å². The van der Waals surface area contributed by atoms with Crippen LogP contribution in [0.25, 0.3) is 16.8 Å². The molecule has 0 unspecified atom stereocenters. The molecule has 178 valence electrons. The van der Waals surface area contributed by atoms with Crippen molar-refractivity contribution in [2.24, 2.45) is 0 Å². The summed E-state index contributed by atoms with van der Waals surface area (Å²) >= 11 is 0. The first-order valence-electron chi connectivity index (χ1n) is 11.3. The highest BCUT2D eigenvalue weighted by molar-refractivity contribution is 6.39. The molecule has 0 radical (unpaired) electrons. The molecule has 36 heavy (non-hydrogen) atoms. The van der Waals surface area contributed by atoms with Gasteiger partial charge in [-0.05, 0) is 48.0 Å². The zero-order valence-corrected chi connectivity index (χ0v) is 19.3. The number of aryl methyl sites for hydroxylation is 1. The molecule has 1 aliphatic rings. The third-order valence-corrected chi connectivity index (χ3v) is 5.95. The minimum Gasteiger partial charge on any atom is -0.488 e. The highest BCUT2D eigenvalue weighted by atomic mass is 19.1. The van der Waals surface area contributed by atoms with Gasteiger partial charge < -0.3 is 4.74 Å². The van der Waals surface area contributed by atoms with Crippen LogP contribution in [-0.4, -0.2) is 17.8 Å². The Hall–Kier alpha value is -4.78. The van der Waals surface area contributed by atoms with Crippen molar-refractivity contribution >= 4 is 40.4 Å². The molecule has 5 rings (SSSR count). The fourth-order valence-corrected chi connectivity index (χ4v) is 4.05. The van der Waals surface area contributed by atoms with E-state index >= 15 is 0 Å². The van der Waals surface area contributed by atoms with Gasteiger partial charge in [0.2, 0.25) is 0 Å². The van der Waals surface area contributed by atoms with Crippen molar-refractivity contribution in [1.29, 1.82) is 0 Å². The molecule has 0 bridgehead atoms. The quantitative estimate of drug-likeness (QED) is 0.301. The summed E-state index contributed by atoms with van der Waals surface area (Å²) in [5, 5.41) is 3.84. The number of nitrogens with zero attached hydrogens (tertiary/aromatic N) is 1. The Kier molecular flexibility index (Phi) is 6.04. The largest absolute Gasteiger partial charge is 0.488 e. The second kappa shape index (κ2) is 9.46. The predicted molar refractivity (Wildman–Crippen MR) is 135 cm³/mol. The first-order chi connectivity index (χ1) is 17.4. The summed E-state index contributed by atoms with van der Waals surface area (Å²) in [6.07, 6.45) is 1.42. The Bertz CT molecular complexity index is 1540. The second-order valence-corrected chi connectivity index (χ2v) is 8.37. The van der Waals surface area contributed by atoms with Crippen molar-refractivity contribution in [2.45, 2.75) is 13.5 Å². The third kappa shape index (κ3) is 4.34. The number of hydrogen-bond acceptors (Lipinski definition) is 4. The van der Waals surface area contributed by atoms with Crippen LogP contribution >= 0.6 is 0 Å². The summed E-state index contributed by atoms with van der Waals surface area (Å²) in [5.41, 5.74) is 1.92. The molecule has 7 heteroatoms. The first kappa shape index (κ1) is 23.0. The molecule has 0 aromatic heterocycles. The van der Waals surface area contributed by atoms with E-state index in [-0.39, 0.29) is 12.2 Å². The molecule has 1 N–H and O–H groups in total. The van der Waals surface area contributed by atoms with Crippen LogP contribution in [0.3, 0.4) is 0 Å². The van der Waals surface area contributed by atoms with Crippen LogP contribution in [0, 0.1) is 12.7 Å². The molecular formula is C29H21FN2O4. The van der Waals surface area contributed by atoms with E-state index in [4.69, 9.17) is 4.74 Å². The Morgan fingerprint density at radius 1 is 0.889 bits per heavy atom. The predicted octanol–water partition coefficient (Wildman–Crippen LogP) is 5.53. The van der Waals surface area contributed by atoms with Gasteiger partial charge in [0.25, 0.3) is 11.8 Å². The van der Waals surface area contributed by atoms with Gasteiger partial charge >= 0.3 is 6.03 Å². The van der Waals surface area contributed by atoms with Gasteiger partial charge in [-0.1, -0.05) is 66.2 Å².